The number of anilines is 1. The van der Waals surface area contributed by atoms with Crippen LogP contribution in [-0.4, -0.2) is 59.3 Å². The Labute approximate surface area is 228 Å². The van der Waals surface area contributed by atoms with E-state index in [0.29, 0.717) is 10.9 Å². The maximum Gasteiger partial charge on any atom is 0.416 e. The maximum atomic E-state index is 13.5. The second kappa shape index (κ2) is 11.4. The van der Waals surface area contributed by atoms with Crippen molar-refractivity contribution in [3.8, 4) is 0 Å². The lowest BCUT2D eigenvalue weighted by atomic mass is 10.1. The van der Waals surface area contributed by atoms with Gasteiger partial charge in [-0.15, -0.1) is 0 Å². The predicted molar refractivity (Wildman–Crippen MR) is 140 cm³/mol. The maximum absolute atomic E-state index is 13.5. The normalized spacial score (nSPS) is 13.9. The summed E-state index contributed by atoms with van der Waals surface area (Å²) in [5.41, 5.74) is -0.904. The number of halogens is 3. The first-order valence-corrected chi connectivity index (χ1v) is 12.5. The Bertz CT molecular complexity index is 1390. The Morgan fingerprint density at radius 1 is 1.05 bits per heavy atom. The third-order valence-electron chi connectivity index (χ3n) is 5.95. The van der Waals surface area contributed by atoms with E-state index in [-0.39, 0.29) is 36.9 Å². The van der Waals surface area contributed by atoms with Crippen LogP contribution in [0.25, 0.3) is 10.8 Å². The van der Waals surface area contributed by atoms with Crippen LogP contribution in [0.1, 0.15) is 31.9 Å². The molecule has 2 aromatic carbocycles. The third-order valence-corrected chi connectivity index (χ3v) is 5.95. The Morgan fingerprint density at radius 2 is 1.75 bits per heavy atom. The number of aromatic nitrogens is 1. The molecule has 2 heterocycles. The second-order valence-corrected chi connectivity index (χ2v) is 10.3. The molecule has 12 heteroatoms. The molecular weight excluding hydrogens is 529 g/mol. The van der Waals surface area contributed by atoms with E-state index in [1.807, 2.05) is 0 Å². The van der Waals surface area contributed by atoms with Gasteiger partial charge >= 0.3 is 18.4 Å². The number of rotatable bonds is 6. The van der Waals surface area contributed by atoms with Gasteiger partial charge in [0.2, 0.25) is 5.91 Å². The molecule has 0 bridgehead atoms. The quantitative estimate of drug-likeness (QED) is 0.450. The number of amides is 3. The van der Waals surface area contributed by atoms with Gasteiger partial charge in [-0.1, -0.05) is 36.4 Å². The number of alkyl halides is 3. The molecule has 1 N–H and O–H groups in total. The van der Waals surface area contributed by atoms with E-state index in [0.717, 1.165) is 17.0 Å². The molecule has 1 aliphatic rings. The van der Waals surface area contributed by atoms with E-state index >= 15 is 0 Å². The standard InChI is InChI=1S/C28H29F3N4O5/c1-27(2,3)40-25(37)34-14-21(15-34)33-23(36)16-35(26(38)39-17-18-7-5-4-6-8-18)24-22-13-20(28(29,30)31)10-9-19(22)11-12-32-24/h4-13,21H,14-17H2,1-3H3,(H,33,36). The molecular formula is C28H29F3N4O5. The molecule has 212 valence electrons. The number of carbonyl (C=O) groups excluding carboxylic acids is 3. The zero-order valence-corrected chi connectivity index (χ0v) is 22.2. The molecule has 1 aliphatic heterocycles. The predicted octanol–water partition coefficient (Wildman–Crippen LogP) is 5.13. The largest absolute Gasteiger partial charge is 0.444 e. The number of hydrogen-bond acceptors (Lipinski definition) is 6. The summed E-state index contributed by atoms with van der Waals surface area (Å²) in [5, 5.41) is 3.15. The van der Waals surface area contributed by atoms with Crippen LogP contribution in [0.3, 0.4) is 0 Å². The van der Waals surface area contributed by atoms with Crippen LogP contribution in [0.15, 0.2) is 60.8 Å². The summed E-state index contributed by atoms with van der Waals surface area (Å²) < 4.78 is 51.1. The van der Waals surface area contributed by atoms with Crippen molar-refractivity contribution in [1.82, 2.24) is 15.2 Å². The van der Waals surface area contributed by atoms with Gasteiger partial charge in [-0.2, -0.15) is 13.2 Å². The van der Waals surface area contributed by atoms with Crippen LogP contribution in [0.2, 0.25) is 0 Å². The van der Waals surface area contributed by atoms with Crippen molar-refractivity contribution in [1.29, 1.82) is 0 Å². The molecule has 3 amide bonds. The summed E-state index contributed by atoms with van der Waals surface area (Å²) in [4.78, 5) is 44.8. The van der Waals surface area contributed by atoms with Crippen molar-refractivity contribution in [3.05, 3.63) is 71.9 Å². The van der Waals surface area contributed by atoms with Crippen LogP contribution < -0.4 is 10.2 Å². The summed E-state index contributed by atoms with van der Waals surface area (Å²) >= 11 is 0. The summed E-state index contributed by atoms with van der Waals surface area (Å²) in [6.07, 6.45) is -4.75. The Hall–Kier alpha value is -4.35. The number of nitrogens with one attached hydrogen (secondary N) is 1. The Morgan fingerprint density at radius 3 is 2.40 bits per heavy atom. The molecule has 0 spiro atoms. The van der Waals surface area contributed by atoms with E-state index in [2.05, 4.69) is 10.3 Å². The second-order valence-electron chi connectivity index (χ2n) is 10.3. The molecule has 0 radical (unpaired) electrons. The van der Waals surface area contributed by atoms with Gasteiger partial charge in [-0.3, -0.25) is 9.69 Å². The summed E-state index contributed by atoms with van der Waals surface area (Å²) in [5.74, 6) is -0.753. The van der Waals surface area contributed by atoms with Crippen LogP contribution in [0.5, 0.6) is 0 Å². The molecule has 1 aromatic heterocycles. The Balaban J connectivity index is 1.53. The van der Waals surface area contributed by atoms with E-state index < -0.39 is 42.0 Å². The summed E-state index contributed by atoms with van der Waals surface area (Å²) in [6.45, 7) is 4.96. The minimum absolute atomic E-state index is 0.0292. The van der Waals surface area contributed by atoms with Crippen LogP contribution in [0, 0.1) is 0 Å². The van der Waals surface area contributed by atoms with Gasteiger partial charge in [0, 0.05) is 24.7 Å². The number of ether oxygens (including phenoxy) is 2. The summed E-state index contributed by atoms with van der Waals surface area (Å²) in [6, 6.07) is 13.0. The smallest absolute Gasteiger partial charge is 0.416 e. The van der Waals surface area contributed by atoms with Gasteiger partial charge in [-0.25, -0.2) is 14.6 Å². The fourth-order valence-corrected chi connectivity index (χ4v) is 4.03. The highest BCUT2D eigenvalue weighted by molar-refractivity contribution is 6.03. The molecule has 1 saturated heterocycles. The van der Waals surface area contributed by atoms with E-state index in [1.165, 1.54) is 23.2 Å². The number of likely N-dealkylation sites (tertiary alicyclic amines) is 1. The summed E-state index contributed by atoms with van der Waals surface area (Å²) in [7, 11) is 0. The minimum atomic E-state index is -4.62. The molecule has 4 rings (SSSR count). The Kier molecular flexibility index (Phi) is 8.17. The first-order valence-electron chi connectivity index (χ1n) is 12.5. The highest BCUT2D eigenvalue weighted by Crippen LogP contribution is 2.34. The molecule has 0 saturated carbocycles. The van der Waals surface area contributed by atoms with Gasteiger partial charge in [0.05, 0.1) is 11.6 Å². The van der Waals surface area contributed by atoms with Gasteiger partial charge in [0.15, 0.2) is 0 Å². The number of pyridine rings is 1. The van der Waals surface area contributed by atoms with Gasteiger partial charge in [0.25, 0.3) is 0 Å². The zero-order valence-electron chi connectivity index (χ0n) is 22.2. The van der Waals surface area contributed by atoms with Crippen molar-refractivity contribution in [2.24, 2.45) is 0 Å². The molecule has 0 atom stereocenters. The third kappa shape index (κ3) is 7.19. The van der Waals surface area contributed by atoms with Crippen molar-refractivity contribution in [2.45, 2.75) is 45.2 Å². The average molecular weight is 559 g/mol. The number of hydrogen-bond donors (Lipinski definition) is 1. The zero-order chi connectivity index (χ0) is 29.1. The van der Waals surface area contributed by atoms with Crippen LogP contribution in [-0.2, 0) is 27.1 Å². The minimum Gasteiger partial charge on any atom is -0.444 e. The van der Waals surface area contributed by atoms with Crippen LogP contribution in [0.4, 0.5) is 28.6 Å². The first-order chi connectivity index (χ1) is 18.8. The number of carbonyl (C=O) groups is 3. The highest BCUT2D eigenvalue weighted by Gasteiger charge is 2.36. The molecule has 0 aliphatic carbocycles. The molecule has 3 aromatic rings. The van der Waals surface area contributed by atoms with Gasteiger partial charge in [-0.05, 0) is 49.9 Å². The monoisotopic (exact) mass is 558 g/mol. The lowest BCUT2D eigenvalue weighted by Gasteiger charge is -2.40. The average Bonchev–Trinajstić information content (AvgIpc) is 2.86. The number of benzene rings is 2. The molecule has 40 heavy (non-hydrogen) atoms. The van der Waals surface area contributed by atoms with Crippen molar-refractivity contribution in [2.75, 3.05) is 24.5 Å². The topological polar surface area (TPSA) is 101 Å². The molecule has 1 fully saturated rings. The number of fused-ring (bicyclic) bond motifs is 1. The fourth-order valence-electron chi connectivity index (χ4n) is 4.03. The van der Waals surface area contributed by atoms with Crippen molar-refractivity contribution >= 4 is 34.7 Å². The molecule has 0 unspecified atom stereocenters. The van der Waals surface area contributed by atoms with E-state index in [4.69, 9.17) is 9.47 Å². The van der Waals surface area contributed by atoms with E-state index in [1.54, 1.807) is 51.1 Å². The fraction of sp³-hybridized carbons (Fsp3) is 0.357. The lowest BCUT2D eigenvalue weighted by Crippen LogP contribution is -2.62. The van der Waals surface area contributed by atoms with Crippen LogP contribution >= 0.6 is 0 Å². The number of nitrogens with zero attached hydrogens (tertiary/aromatic N) is 3. The highest BCUT2D eigenvalue weighted by atomic mass is 19.4. The lowest BCUT2D eigenvalue weighted by molar-refractivity contribution is -0.137. The van der Waals surface area contributed by atoms with Crippen molar-refractivity contribution < 1.29 is 37.0 Å². The van der Waals surface area contributed by atoms with E-state index in [9.17, 15) is 27.6 Å². The molecule has 9 nitrogen and oxygen atoms in total. The van der Waals surface area contributed by atoms with Crippen molar-refractivity contribution in [3.63, 3.8) is 0 Å². The first kappa shape index (κ1) is 28.7. The SMILES string of the molecule is CC(C)(C)OC(=O)N1CC(NC(=O)CN(C(=O)OCc2ccccc2)c2nccc3ccc(C(F)(F)F)cc23)C1. The van der Waals surface area contributed by atoms with Gasteiger partial charge < -0.3 is 19.7 Å². The van der Waals surface area contributed by atoms with Gasteiger partial charge in [0.1, 0.15) is 24.6 Å².